The molecule has 0 atom stereocenters. The smallest absolute Gasteiger partial charge is 0.299 e. The maximum atomic E-state index is 12.4. The molecule has 9 heteroatoms. The zero-order chi connectivity index (χ0) is 18.4. The van der Waals surface area contributed by atoms with Crippen LogP contribution in [0.25, 0.3) is 0 Å². The first-order valence-corrected chi connectivity index (χ1v) is 8.00. The molecule has 2 aliphatic heterocycles. The molecule has 0 unspecified atom stereocenters. The summed E-state index contributed by atoms with van der Waals surface area (Å²) in [4.78, 5) is 36.2. The van der Waals surface area contributed by atoms with E-state index in [0.717, 1.165) is 11.6 Å². The van der Waals surface area contributed by atoms with Crippen LogP contribution in [-0.4, -0.2) is 23.4 Å². The van der Waals surface area contributed by atoms with Gasteiger partial charge in [-0.2, -0.15) is 0 Å². The molecule has 132 valence electrons. The molecule has 2 aromatic rings. The van der Waals surface area contributed by atoms with Gasteiger partial charge < -0.3 is 14.4 Å². The highest BCUT2D eigenvalue weighted by atomic mass is 35.5. The molecule has 2 heterocycles. The molecule has 1 amide bonds. The van der Waals surface area contributed by atoms with E-state index in [9.17, 15) is 19.7 Å². The van der Waals surface area contributed by atoms with Gasteiger partial charge in [-0.05, 0) is 18.2 Å². The standard InChI is InChI=1S/C17H11ClN2O6/c18-11-3-9(16-10(4-11)7-25-8-26-16)6-19-14-2-1-12(20(23)24)5-13(14)15(21)17(19)22/h1-5H,6-8H2. The van der Waals surface area contributed by atoms with Crippen molar-refractivity contribution in [1.29, 1.82) is 0 Å². The lowest BCUT2D eigenvalue weighted by Gasteiger charge is -2.24. The zero-order valence-electron chi connectivity index (χ0n) is 13.2. The number of nitrogens with zero attached hydrogens (tertiary/aromatic N) is 2. The number of rotatable bonds is 3. The average Bonchev–Trinajstić information content (AvgIpc) is 2.86. The lowest BCUT2D eigenvalue weighted by molar-refractivity contribution is -0.384. The Morgan fingerprint density at radius 2 is 2.04 bits per heavy atom. The minimum Gasteiger partial charge on any atom is -0.467 e. The van der Waals surface area contributed by atoms with Crippen molar-refractivity contribution >= 4 is 34.7 Å². The van der Waals surface area contributed by atoms with Gasteiger partial charge in [0.25, 0.3) is 17.4 Å². The number of ketones is 1. The fraction of sp³-hybridized carbons (Fsp3) is 0.176. The molecule has 2 aromatic carbocycles. The van der Waals surface area contributed by atoms with Gasteiger partial charge in [-0.3, -0.25) is 19.7 Å². The number of nitro benzene ring substituents is 1. The van der Waals surface area contributed by atoms with Crippen molar-refractivity contribution in [2.24, 2.45) is 0 Å². The van der Waals surface area contributed by atoms with E-state index in [1.807, 2.05) is 0 Å². The monoisotopic (exact) mass is 374 g/mol. The second-order valence-electron chi connectivity index (χ2n) is 5.84. The van der Waals surface area contributed by atoms with E-state index >= 15 is 0 Å². The van der Waals surface area contributed by atoms with Crippen molar-refractivity contribution in [3.63, 3.8) is 0 Å². The van der Waals surface area contributed by atoms with Gasteiger partial charge in [-0.1, -0.05) is 11.6 Å². The van der Waals surface area contributed by atoms with Gasteiger partial charge in [0.2, 0.25) is 0 Å². The molecular formula is C17H11ClN2O6. The number of anilines is 1. The third-order valence-electron chi connectivity index (χ3n) is 4.25. The van der Waals surface area contributed by atoms with E-state index in [1.165, 1.54) is 17.0 Å². The number of non-ortho nitro benzene ring substituents is 1. The molecule has 0 saturated carbocycles. The molecule has 0 radical (unpaired) electrons. The molecule has 4 rings (SSSR count). The minimum absolute atomic E-state index is 0.0179. The Balaban J connectivity index is 1.75. The number of benzene rings is 2. The number of hydrogen-bond donors (Lipinski definition) is 0. The normalized spacial score (nSPS) is 15.5. The first kappa shape index (κ1) is 16.5. The molecule has 0 aliphatic carbocycles. The molecule has 0 spiro atoms. The maximum absolute atomic E-state index is 12.4. The number of carbonyl (C=O) groups is 2. The second-order valence-corrected chi connectivity index (χ2v) is 6.28. The average molecular weight is 375 g/mol. The first-order chi connectivity index (χ1) is 12.5. The van der Waals surface area contributed by atoms with Gasteiger partial charge in [-0.15, -0.1) is 0 Å². The van der Waals surface area contributed by atoms with Crippen molar-refractivity contribution in [3.8, 4) is 5.75 Å². The molecule has 0 fully saturated rings. The Morgan fingerprint density at radius 1 is 1.23 bits per heavy atom. The van der Waals surface area contributed by atoms with Gasteiger partial charge in [0.1, 0.15) is 5.75 Å². The molecule has 26 heavy (non-hydrogen) atoms. The lowest BCUT2D eigenvalue weighted by Crippen LogP contribution is -2.29. The van der Waals surface area contributed by atoms with Crippen LogP contribution >= 0.6 is 11.6 Å². The maximum Gasteiger partial charge on any atom is 0.299 e. The van der Waals surface area contributed by atoms with Crippen molar-refractivity contribution in [3.05, 3.63) is 62.2 Å². The predicted octanol–water partition coefficient (Wildman–Crippen LogP) is 2.84. The number of carbonyl (C=O) groups excluding carboxylic acids is 2. The van der Waals surface area contributed by atoms with E-state index < -0.39 is 16.6 Å². The van der Waals surface area contributed by atoms with E-state index in [2.05, 4.69) is 0 Å². The topological polar surface area (TPSA) is 99.0 Å². The van der Waals surface area contributed by atoms with Gasteiger partial charge in [0.15, 0.2) is 6.79 Å². The SMILES string of the molecule is O=C1C(=O)N(Cc2cc(Cl)cc3c2OCOC3)c2ccc([N+](=O)[O-])cc21. The van der Waals surface area contributed by atoms with E-state index in [1.54, 1.807) is 12.1 Å². The minimum atomic E-state index is -0.774. The summed E-state index contributed by atoms with van der Waals surface area (Å²) < 4.78 is 10.8. The van der Waals surface area contributed by atoms with Crippen LogP contribution in [0.15, 0.2) is 30.3 Å². The molecule has 0 N–H and O–H groups in total. The Bertz CT molecular complexity index is 974. The highest BCUT2D eigenvalue weighted by Crippen LogP contribution is 2.37. The number of hydrogen-bond acceptors (Lipinski definition) is 6. The van der Waals surface area contributed by atoms with Crippen LogP contribution in [0, 0.1) is 10.1 Å². The number of Topliss-reactive ketones (excluding diaryl/α,β-unsaturated/α-hetero) is 1. The summed E-state index contributed by atoms with van der Waals surface area (Å²) in [5, 5.41) is 11.4. The van der Waals surface area contributed by atoms with Gasteiger partial charge in [-0.25, -0.2) is 0 Å². The highest BCUT2D eigenvalue weighted by molar-refractivity contribution is 6.52. The summed E-state index contributed by atoms with van der Waals surface area (Å²) >= 11 is 6.13. The second kappa shape index (κ2) is 6.08. The van der Waals surface area contributed by atoms with E-state index in [-0.39, 0.29) is 24.6 Å². The number of nitro groups is 1. The number of fused-ring (bicyclic) bond motifs is 2. The first-order valence-electron chi connectivity index (χ1n) is 7.62. The Labute approximate surface area is 152 Å². The fourth-order valence-electron chi connectivity index (χ4n) is 3.10. The van der Waals surface area contributed by atoms with Crippen molar-refractivity contribution in [1.82, 2.24) is 0 Å². The Kier molecular flexibility index (Phi) is 3.86. The summed E-state index contributed by atoms with van der Waals surface area (Å²) in [7, 11) is 0. The van der Waals surface area contributed by atoms with Crippen LogP contribution in [0.4, 0.5) is 11.4 Å². The quantitative estimate of drug-likeness (QED) is 0.465. The van der Waals surface area contributed by atoms with Crippen LogP contribution in [0.5, 0.6) is 5.75 Å². The third-order valence-corrected chi connectivity index (χ3v) is 4.46. The summed E-state index contributed by atoms with van der Waals surface area (Å²) in [5.74, 6) is -0.957. The molecule has 8 nitrogen and oxygen atoms in total. The zero-order valence-corrected chi connectivity index (χ0v) is 14.0. The number of halogens is 1. The van der Waals surface area contributed by atoms with Crippen molar-refractivity contribution < 1.29 is 24.0 Å². The lowest BCUT2D eigenvalue weighted by atomic mass is 10.1. The summed E-state index contributed by atoms with van der Waals surface area (Å²) in [6.07, 6.45) is 0. The Morgan fingerprint density at radius 3 is 2.81 bits per heavy atom. The highest BCUT2D eigenvalue weighted by Gasteiger charge is 2.37. The number of amides is 1. The molecule has 0 aromatic heterocycles. The third kappa shape index (κ3) is 2.59. The van der Waals surface area contributed by atoms with E-state index in [0.29, 0.717) is 28.6 Å². The van der Waals surface area contributed by atoms with Crippen molar-refractivity contribution in [2.45, 2.75) is 13.2 Å². The summed E-state index contributed by atoms with van der Waals surface area (Å²) in [5.41, 5.74) is 1.48. The van der Waals surface area contributed by atoms with Crippen LogP contribution < -0.4 is 9.64 Å². The van der Waals surface area contributed by atoms with Gasteiger partial charge in [0.05, 0.1) is 29.3 Å². The van der Waals surface area contributed by atoms with E-state index in [4.69, 9.17) is 21.1 Å². The fourth-order valence-corrected chi connectivity index (χ4v) is 3.37. The predicted molar refractivity (Wildman–Crippen MR) is 90.4 cm³/mol. The number of ether oxygens (including phenoxy) is 2. The van der Waals surface area contributed by atoms with Crippen molar-refractivity contribution in [2.75, 3.05) is 11.7 Å². The molecule has 0 saturated heterocycles. The largest absolute Gasteiger partial charge is 0.467 e. The van der Waals surface area contributed by atoms with Gasteiger partial charge >= 0.3 is 0 Å². The van der Waals surface area contributed by atoms with Crippen LogP contribution in [-0.2, 0) is 22.7 Å². The summed E-state index contributed by atoms with van der Waals surface area (Å²) in [6.45, 7) is 0.466. The van der Waals surface area contributed by atoms with Crippen LogP contribution in [0.3, 0.4) is 0 Å². The molecular weight excluding hydrogens is 364 g/mol. The summed E-state index contributed by atoms with van der Waals surface area (Å²) in [6, 6.07) is 7.15. The van der Waals surface area contributed by atoms with Crippen LogP contribution in [0.2, 0.25) is 5.02 Å². The van der Waals surface area contributed by atoms with Gasteiger partial charge in [0, 0.05) is 28.3 Å². The molecule has 2 aliphatic rings. The van der Waals surface area contributed by atoms with Crippen LogP contribution in [0.1, 0.15) is 21.5 Å². The molecule has 0 bridgehead atoms. The Hall–Kier alpha value is -2.97.